The first-order valence-electron chi connectivity index (χ1n) is 9.55. The van der Waals surface area contributed by atoms with Crippen LogP contribution in [0.25, 0.3) is 21.9 Å². The molecule has 3 heterocycles. The average molecular weight is 420 g/mol. The number of hydrogen-bond acceptors (Lipinski definition) is 6. The molecule has 0 spiro atoms. The second kappa shape index (κ2) is 7.31. The molecule has 0 radical (unpaired) electrons. The van der Waals surface area contributed by atoms with E-state index in [1.54, 1.807) is 23.7 Å². The van der Waals surface area contributed by atoms with Gasteiger partial charge in [0.05, 0.1) is 12.9 Å². The summed E-state index contributed by atoms with van der Waals surface area (Å²) in [6, 6.07) is 12.9. The van der Waals surface area contributed by atoms with Crippen LogP contribution in [0, 0.1) is 0 Å². The first kappa shape index (κ1) is 18.9. The van der Waals surface area contributed by atoms with E-state index in [2.05, 4.69) is 15.1 Å². The maximum absolute atomic E-state index is 14.9. The molecule has 9 nitrogen and oxygen atoms in total. The highest BCUT2D eigenvalue weighted by atomic mass is 19.1. The van der Waals surface area contributed by atoms with Gasteiger partial charge in [0.15, 0.2) is 11.2 Å². The summed E-state index contributed by atoms with van der Waals surface area (Å²) < 4.78 is 23.8. The van der Waals surface area contributed by atoms with Gasteiger partial charge in [0.1, 0.15) is 19.0 Å². The third-order valence-electron chi connectivity index (χ3n) is 5.12. The number of alkyl halides is 1. The second-order valence-electron chi connectivity index (χ2n) is 7.22. The zero-order valence-electron chi connectivity index (χ0n) is 16.5. The number of aromatic nitrogens is 6. The van der Waals surface area contributed by atoms with Crippen molar-refractivity contribution in [2.45, 2.75) is 19.3 Å². The molecule has 0 saturated carbocycles. The predicted octanol–water partition coefficient (Wildman–Crippen LogP) is 2.19. The molecule has 0 aliphatic carbocycles. The van der Waals surface area contributed by atoms with Crippen LogP contribution < -0.4 is 11.3 Å². The smallest absolute Gasteiger partial charge is 0.390 e. The van der Waals surface area contributed by atoms with Gasteiger partial charge in [-0.25, -0.2) is 19.2 Å². The third-order valence-corrected chi connectivity index (χ3v) is 5.12. The summed E-state index contributed by atoms with van der Waals surface area (Å²) in [4.78, 5) is 32.9. The van der Waals surface area contributed by atoms with Crippen molar-refractivity contribution in [3.63, 3.8) is 0 Å². The quantitative estimate of drug-likeness (QED) is 0.432. The van der Waals surface area contributed by atoms with Crippen LogP contribution in [0.1, 0.15) is 17.6 Å². The minimum Gasteiger partial charge on any atom is -0.390 e. The monoisotopic (exact) mass is 420 g/mol. The van der Waals surface area contributed by atoms with E-state index >= 15 is 0 Å². The summed E-state index contributed by atoms with van der Waals surface area (Å²) in [5.41, 5.74) is 0.745. The fourth-order valence-electron chi connectivity index (χ4n) is 3.52. The fraction of sp³-hybridized carbons (Fsp3) is 0.190. The van der Waals surface area contributed by atoms with Crippen molar-refractivity contribution in [1.82, 2.24) is 28.9 Å². The van der Waals surface area contributed by atoms with Gasteiger partial charge in [-0.1, -0.05) is 36.4 Å². The Bertz CT molecular complexity index is 1530. The fourth-order valence-corrected chi connectivity index (χ4v) is 3.52. The number of benzene rings is 2. The van der Waals surface area contributed by atoms with Crippen LogP contribution in [-0.4, -0.2) is 28.9 Å². The van der Waals surface area contributed by atoms with E-state index in [9.17, 15) is 14.0 Å². The van der Waals surface area contributed by atoms with Crippen molar-refractivity contribution >= 4 is 21.9 Å². The summed E-state index contributed by atoms with van der Waals surface area (Å²) in [5, 5.41) is 5.97. The lowest BCUT2D eigenvalue weighted by atomic mass is 10.0. The van der Waals surface area contributed by atoms with E-state index in [4.69, 9.17) is 4.42 Å². The first-order valence-corrected chi connectivity index (χ1v) is 9.55. The summed E-state index contributed by atoms with van der Waals surface area (Å²) in [5.74, 6) is -0.804. The van der Waals surface area contributed by atoms with Gasteiger partial charge < -0.3 is 8.98 Å². The van der Waals surface area contributed by atoms with E-state index in [1.165, 1.54) is 17.2 Å². The summed E-state index contributed by atoms with van der Waals surface area (Å²) >= 11 is 0. The molecule has 1 atom stereocenters. The van der Waals surface area contributed by atoms with Gasteiger partial charge in [0.25, 0.3) is 5.56 Å². The molecule has 5 rings (SSSR count). The highest BCUT2D eigenvalue weighted by Crippen LogP contribution is 2.23. The minimum absolute atomic E-state index is 0.0128. The van der Waals surface area contributed by atoms with Gasteiger partial charge in [-0.2, -0.15) is 4.68 Å². The molecule has 0 bridgehead atoms. The van der Waals surface area contributed by atoms with E-state index in [-0.39, 0.29) is 24.5 Å². The average Bonchev–Trinajstić information content (AvgIpc) is 3.32. The van der Waals surface area contributed by atoms with E-state index in [0.717, 1.165) is 15.5 Å². The zero-order chi connectivity index (χ0) is 21.5. The Morgan fingerprint density at radius 1 is 1.06 bits per heavy atom. The Balaban J connectivity index is 1.39. The van der Waals surface area contributed by atoms with Gasteiger partial charge >= 0.3 is 5.76 Å². The molecule has 0 saturated heterocycles. The number of halogens is 1. The highest BCUT2D eigenvalue weighted by molar-refractivity contribution is 5.83. The number of aryl methyl sites for hydroxylation is 1. The summed E-state index contributed by atoms with van der Waals surface area (Å²) in [6.07, 6.45) is 1.35. The Kier molecular flexibility index (Phi) is 4.46. The molecule has 156 valence electrons. The van der Waals surface area contributed by atoms with Crippen molar-refractivity contribution < 1.29 is 8.81 Å². The van der Waals surface area contributed by atoms with Crippen LogP contribution in [0.15, 0.2) is 69.1 Å². The van der Waals surface area contributed by atoms with Crippen LogP contribution in [0.2, 0.25) is 0 Å². The van der Waals surface area contributed by atoms with Crippen LogP contribution in [-0.2, 0) is 20.1 Å². The molecule has 0 unspecified atom stereocenters. The van der Waals surface area contributed by atoms with Crippen molar-refractivity contribution in [1.29, 1.82) is 0 Å². The molecule has 2 aromatic carbocycles. The molecule has 0 amide bonds. The molecule has 10 heteroatoms. The lowest BCUT2D eigenvalue weighted by molar-refractivity contribution is 0.283. The largest absolute Gasteiger partial charge is 0.437 e. The van der Waals surface area contributed by atoms with E-state index < -0.39 is 11.9 Å². The molecule has 31 heavy (non-hydrogen) atoms. The van der Waals surface area contributed by atoms with E-state index in [0.29, 0.717) is 16.7 Å². The highest BCUT2D eigenvalue weighted by Gasteiger charge is 2.17. The van der Waals surface area contributed by atoms with Crippen molar-refractivity contribution in [2.75, 3.05) is 0 Å². The van der Waals surface area contributed by atoms with Crippen molar-refractivity contribution in [3.05, 3.63) is 87.5 Å². The van der Waals surface area contributed by atoms with Crippen molar-refractivity contribution in [2.24, 2.45) is 7.05 Å². The first-order chi connectivity index (χ1) is 15.0. The zero-order valence-corrected chi connectivity index (χ0v) is 16.5. The minimum atomic E-state index is -1.45. The molecular formula is C21H17FN6O3. The number of fused-ring (bicyclic) bond motifs is 2. The van der Waals surface area contributed by atoms with Crippen LogP contribution in [0.4, 0.5) is 4.39 Å². The SMILES string of the molecule is Cn1cnc2ncn(Cc3nn(C[C@@H](F)c4ccc5ccccc5c4)c(=O)o3)c(=O)c21. The lowest BCUT2D eigenvalue weighted by Gasteiger charge is -2.09. The van der Waals surface area contributed by atoms with Crippen LogP contribution in [0.5, 0.6) is 0 Å². The van der Waals surface area contributed by atoms with Gasteiger partial charge in [-0.3, -0.25) is 9.36 Å². The van der Waals surface area contributed by atoms with Gasteiger partial charge in [-0.15, -0.1) is 5.10 Å². The van der Waals surface area contributed by atoms with Crippen LogP contribution in [0.3, 0.4) is 0 Å². The molecule has 0 aliphatic rings. The molecular weight excluding hydrogens is 403 g/mol. The number of imidazole rings is 1. The molecule has 0 aliphatic heterocycles. The normalized spacial score (nSPS) is 12.6. The predicted molar refractivity (Wildman–Crippen MR) is 110 cm³/mol. The van der Waals surface area contributed by atoms with Gasteiger partial charge in [0, 0.05) is 7.05 Å². The van der Waals surface area contributed by atoms with Crippen molar-refractivity contribution in [3.8, 4) is 0 Å². The number of rotatable bonds is 5. The maximum atomic E-state index is 14.9. The van der Waals surface area contributed by atoms with Crippen LogP contribution >= 0.6 is 0 Å². The Labute approximate surface area is 174 Å². The number of hydrogen-bond donors (Lipinski definition) is 0. The molecule has 0 N–H and O–H groups in total. The topological polar surface area (TPSA) is 101 Å². The Morgan fingerprint density at radius 3 is 2.68 bits per heavy atom. The van der Waals surface area contributed by atoms with E-state index in [1.807, 2.05) is 30.3 Å². The standard InChI is InChI=1S/C21H17FN6O3/c1-26-11-23-19-18(26)20(29)27(12-24-19)10-17-25-28(21(30)31-17)9-16(22)15-7-6-13-4-2-3-5-14(13)8-15/h2-8,11-12,16H,9-10H2,1H3/t16-/m1/s1. The maximum Gasteiger partial charge on any atom is 0.437 e. The third kappa shape index (κ3) is 3.41. The Hall–Kier alpha value is -4.08. The second-order valence-corrected chi connectivity index (χ2v) is 7.22. The summed E-state index contributed by atoms with van der Waals surface area (Å²) in [7, 11) is 1.69. The molecule has 0 fully saturated rings. The number of nitrogens with zero attached hydrogens (tertiary/aromatic N) is 6. The lowest BCUT2D eigenvalue weighted by Crippen LogP contribution is -2.23. The van der Waals surface area contributed by atoms with Gasteiger partial charge in [-0.05, 0) is 22.4 Å². The summed E-state index contributed by atoms with van der Waals surface area (Å²) in [6.45, 7) is -0.406. The van der Waals surface area contributed by atoms with Gasteiger partial charge in [0.2, 0.25) is 5.89 Å². The molecule has 5 aromatic rings. The Morgan fingerprint density at radius 2 is 1.84 bits per heavy atom. The molecule has 3 aromatic heterocycles.